The van der Waals surface area contributed by atoms with E-state index in [1.807, 2.05) is 0 Å². The van der Waals surface area contributed by atoms with E-state index >= 15 is 0 Å². The first-order chi connectivity index (χ1) is 9.24. The standard InChI is InChI=1S/C15H22N2OS/c16-10-4-6-11(7-5-10)17-15(18)13-2-1-3-14-12(13)8-9-19-14/h8-11,13H,1-7,16H2,(H,17,18). The SMILES string of the molecule is NC1CCC(NC(=O)C2CCCc3sccc32)CC1. The number of hydrogen-bond donors (Lipinski definition) is 2. The summed E-state index contributed by atoms with van der Waals surface area (Å²) < 4.78 is 0. The molecule has 1 atom stereocenters. The minimum Gasteiger partial charge on any atom is -0.353 e. The Morgan fingerprint density at radius 3 is 2.84 bits per heavy atom. The van der Waals surface area contributed by atoms with Crippen LogP contribution in [-0.2, 0) is 11.2 Å². The Morgan fingerprint density at radius 1 is 1.26 bits per heavy atom. The van der Waals surface area contributed by atoms with E-state index in [1.165, 1.54) is 10.4 Å². The van der Waals surface area contributed by atoms with Crippen LogP contribution in [0.5, 0.6) is 0 Å². The molecule has 1 saturated carbocycles. The smallest absolute Gasteiger partial charge is 0.227 e. The molecule has 0 spiro atoms. The zero-order valence-corrected chi connectivity index (χ0v) is 12.0. The molecule has 3 nitrogen and oxygen atoms in total. The van der Waals surface area contributed by atoms with Gasteiger partial charge in [0.1, 0.15) is 0 Å². The van der Waals surface area contributed by atoms with Crippen LogP contribution in [0.25, 0.3) is 0 Å². The molecule has 3 rings (SSSR count). The summed E-state index contributed by atoms with van der Waals surface area (Å²) in [4.78, 5) is 13.9. The second kappa shape index (κ2) is 5.63. The minimum atomic E-state index is 0.0885. The van der Waals surface area contributed by atoms with Crippen molar-refractivity contribution >= 4 is 17.2 Å². The first-order valence-electron chi connectivity index (χ1n) is 7.36. The normalized spacial score (nSPS) is 30.7. The van der Waals surface area contributed by atoms with Crippen molar-refractivity contribution in [2.24, 2.45) is 5.73 Å². The Morgan fingerprint density at radius 2 is 2.05 bits per heavy atom. The second-order valence-electron chi connectivity index (χ2n) is 5.86. The van der Waals surface area contributed by atoms with Crippen LogP contribution < -0.4 is 11.1 Å². The third-order valence-corrected chi connectivity index (χ3v) is 5.48. The van der Waals surface area contributed by atoms with E-state index in [0.717, 1.165) is 44.9 Å². The summed E-state index contributed by atoms with van der Waals surface area (Å²) in [5.41, 5.74) is 7.19. The number of carbonyl (C=O) groups excluding carboxylic acids is 1. The van der Waals surface area contributed by atoms with Gasteiger partial charge in [0.05, 0.1) is 5.92 Å². The monoisotopic (exact) mass is 278 g/mol. The Bertz CT molecular complexity index is 449. The average molecular weight is 278 g/mol. The van der Waals surface area contributed by atoms with Crippen molar-refractivity contribution in [3.8, 4) is 0 Å². The van der Waals surface area contributed by atoms with E-state index in [-0.39, 0.29) is 11.8 Å². The van der Waals surface area contributed by atoms with Crippen LogP contribution in [0.1, 0.15) is 54.9 Å². The summed E-state index contributed by atoms with van der Waals surface area (Å²) in [6.45, 7) is 0. The summed E-state index contributed by atoms with van der Waals surface area (Å²) in [7, 11) is 0. The van der Waals surface area contributed by atoms with E-state index in [2.05, 4.69) is 16.8 Å². The molecule has 0 bridgehead atoms. The maximum absolute atomic E-state index is 12.5. The van der Waals surface area contributed by atoms with E-state index in [4.69, 9.17) is 5.73 Å². The van der Waals surface area contributed by atoms with Gasteiger partial charge < -0.3 is 11.1 Å². The van der Waals surface area contributed by atoms with E-state index in [9.17, 15) is 4.79 Å². The van der Waals surface area contributed by atoms with Crippen LogP contribution in [0, 0.1) is 0 Å². The van der Waals surface area contributed by atoms with Crippen LogP contribution >= 0.6 is 11.3 Å². The molecule has 1 fully saturated rings. The summed E-state index contributed by atoms with van der Waals surface area (Å²) in [5.74, 6) is 0.324. The maximum atomic E-state index is 12.5. The molecule has 1 amide bonds. The van der Waals surface area contributed by atoms with Crippen LogP contribution in [0.15, 0.2) is 11.4 Å². The molecule has 0 aliphatic heterocycles. The van der Waals surface area contributed by atoms with Crippen molar-refractivity contribution in [3.63, 3.8) is 0 Å². The fourth-order valence-corrected chi connectivity index (χ4v) is 4.31. The number of fused-ring (bicyclic) bond motifs is 1. The quantitative estimate of drug-likeness (QED) is 0.873. The van der Waals surface area contributed by atoms with Gasteiger partial charge in [0.2, 0.25) is 5.91 Å². The molecule has 0 saturated heterocycles. The van der Waals surface area contributed by atoms with Crippen molar-refractivity contribution in [1.29, 1.82) is 0 Å². The van der Waals surface area contributed by atoms with Crippen molar-refractivity contribution in [3.05, 3.63) is 21.9 Å². The van der Waals surface area contributed by atoms with Gasteiger partial charge in [-0.3, -0.25) is 4.79 Å². The highest BCUT2D eigenvalue weighted by Crippen LogP contribution is 2.35. The van der Waals surface area contributed by atoms with E-state index in [1.54, 1.807) is 11.3 Å². The molecule has 1 unspecified atom stereocenters. The highest BCUT2D eigenvalue weighted by atomic mass is 32.1. The third-order valence-electron chi connectivity index (χ3n) is 4.49. The highest BCUT2D eigenvalue weighted by Gasteiger charge is 2.29. The van der Waals surface area contributed by atoms with Crippen molar-refractivity contribution < 1.29 is 4.79 Å². The molecule has 0 radical (unpaired) electrons. The molecule has 0 aromatic carbocycles. The maximum Gasteiger partial charge on any atom is 0.227 e. The lowest BCUT2D eigenvalue weighted by Gasteiger charge is -2.29. The molecule has 19 heavy (non-hydrogen) atoms. The molecule has 1 heterocycles. The Balaban J connectivity index is 1.63. The number of carbonyl (C=O) groups is 1. The van der Waals surface area contributed by atoms with Crippen molar-refractivity contribution in [2.75, 3.05) is 0 Å². The number of hydrogen-bond acceptors (Lipinski definition) is 3. The molecule has 1 aromatic heterocycles. The van der Waals surface area contributed by atoms with E-state index in [0.29, 0.717) is 12.1 Å². The Labute approximate surface area is 118 Å². The number of aryl methyl sites for hydroxylation is 1. The largest absolute Gasteiger partial charge is 0.353 e. The van der Waals surface area contributed by atoms with Gasteiger partial charge in [0.25, 0.3) is 0 Å². The fraction of sp³-hybridized carbons (Fsp3) is 0.667. The predicted octanol–water partition coefficient (Wildman–Crippen LogP) is 2.55. The van der Waals surface area contributed by atoms with Gasteiger partial charge in [-0.2, -0.15) is 0 Å². The van der Waals surface area contributed by atoms with Gasteiger partial charge in [-0.15, -0.1) is 11.3 Å². The van der Waals surface area contributed by atoms with Gasteiger partial charge >= 0.3 is 0 Å². The van der Waals surface area contributed by atoms with Crippen LogP contribution in [0.3, 0.4) is 0 Å². The molecule has 3 N–H and O–H groups in total. The summed E-state index contributed by atoms with van der Waals surface area (Å²) in [6.07, 6.45) is 7.45. The van der Waals surface area contributed by atoms with Gasteiger partial charge in [-0.05, 0) is 62.0 Å². The topological polar surface area (TPSA) is 55.1 Å². The molecular weight excluding hydrogens is 256 g/mol. The van der Waals surface area contributed by atoms with Gasteiger partial charge in [-0.1, -0.05) is 0 Å². The van der Waals surface area contributed by atoms with Crippen molar-refractivity contribution in [2.45, 2.75) is 62.9 Å². The molecule has 104 valence electrons. The average Bonchev–Trinajstić information content (AvgIpc) is 2.89. The number of rotatable bonds is 2. The van der Waals surface area contributed by atoms with Crippen molar-refractivity contribution in [1.82, 2.24) is 5.32 Å². The summed E-state index contributed by atoms with van der Waals surface area (Å²) >= 11 is 1.80. The zero-order valence-electron chi connectivity index (χ0n) is 11.2. The lowest BCUT2D eigenvalue weighted by atomic mass is 9.86. The Kier molecular flexibility index (Phi) is 3.89. The predicted molar refractivity (Wildman–Crippen MR) is 78.4 cm³/mol. The summed E-state index contributed by atoms with van der Waals surface area (Å²) in [5, 5.41) is 5.37. The number of nitrogens with one attached hydrogen (secondary N) is 1. The number of thiophene rings is 1. The zero-order chi connectivity index (χ0) is 13.2. The fourth-order valence-electron chi connectivity index (χ4n) is 3.32. The van der Waals surface area contributed by atoms with Gasteiger partial charge in [0, 0.05) is 17.0 Å². The first kappa shape index (κ1) is 13.1. The number of nitrogens with two attached hydrogens (primary N) is 1. The third kappa shape index (κ3) is 2.84. The van der Waals surface area contributed by atoms with Gasteiger partial charge in [-0.25, -0.2) is 0 Å². The molecule has 1 aromatic rings. The Hall–Kier alpha value is -0.870. The lowest BCUT2D eigenvalue weighted by Crippen LogP contribution is -2.42. The van der Waals surface area contributed by atoms with Crippen LogP contribution in [-0.4, -0.2) is 18.0 Å². The highest BCUT2D eigenvalue weighted by molar-refractivity contribution is 7.10. The molecule has 2 aliphatic carbocycles. The molecule has 4 heteroatoms. The second-order valence-corrected chi connectivity index (χ2v) is 6.86. The van der Waals surface area contributed by atoms with Gasteiger partial charge in [0.15, 0.2) is 0 Å². The van der Waals surface area contributed by atoms with E-state index < -0.39 is 0 Å². The minimum absolute atomic E-state index is 0.0885. The van der Waals surface area contributed by atoms with Crippen LogP contribution in [0.2, 0.25) is 0 Å². The van der Waals surface area contributed by atoms with Crippen LogP contribution in [0.4, 0.5) is 0 Å². The lowest BCUT2D eigenvalue weighted by molar-refractivity contribution is -0.123. The molecule has 2 aliphatic rings. The first-order valence-corrected chi connectivity index (χ1v) is 8.24. The summed E-state index contributed by atoms with van der Waals surface area (Å²) in [6, 6.07) is 2.82. The molecular formula is C15H22N2OS. The number of amides is 1.